The zero-order valence-corrected chi connectivity index (χ0v) is 11.2. The van der Waals surface area contributed by atoms with E-state index in [0.29, 0.717) is 13.0 Å². The van der Waals surface area contributed by atoms with Crippen LogP contribution in [0, 0.1) is 5.92 Å². The first-order valence-corrected chi connectivity index (χ1v) is 6.27. The van der Waals surface area contributed by atoms with Crippen molar-refractivity contribution in [2.75, 3.05) is 6.54 Å². The number of aromatic carboxylic acids is 1. The Morgan fingerprint density at radius 3 is 2.63 bits per heavy atom. The first kappa shape index (κ1) is 15.2. The van der Waals surface area contributed by atoms with Crippen LogP contribution < -0.4 is 11.1 Å². The number of rotatable bonds is 6. The highest BCUT2D eigenvalue weighted by Gasteiger charge is 2.16. The molecule has 0 saturated heterocycles. The normalized spacial score (nSPS) is 12.2. The van der Waals surface area contributed by atoms with Gasteiger partial charge in [0.15, 0.2) is 0 Å². The lowest BCUT2D eigenvalue weighted by Gasteiger charge is -2.15. The summed E-state index contributed by atoms with van der Waals surface area (Å²) in [5.41, 5.74) is 6.84. The van der Waals surface area contributed by atoms with Crippen molar-refractivity contribution < 1.29 is 14.7 Å². The summed E-state index contributed by atoms with van der Waals surface area (Å²) < 4.78 is 0. The molecule has 0 aliphatic carbocycles. The lowest BCUT2D eigenvalue weighted by atomic mass is 10.0. The molecule has 0 heterocycles. The maximum absolute atomic E-state index is 11.6. The average molecular weight is 264 g/mol. The lowest BCUT2D eigenvalue weighted by Crippen LogP contribution is -2.44. The van der Waals surface area contributed by atoms with Crippen molar-refractivity contribution in [3.8, 4) is 0 Å². The van der Waals surface area contributed by atoms with Crippen molar-refractivity contribution >= 4 is 11.9 Å². The molecule has 0 spiro atoms. The predicted octanol–water partition coefficient (Wildman–Crippen LogP) is 1.03. The van der Waals surface area contributed by atoms with Crippen molar-refractivity contribution in [3.05, 3.63) is 35.4 Å². The third-order valence-corrected chi connectivity index (χ3v) is 2.91. The first-order valence-electron chi connectivity index (χ1n) is 6.27. The van der Waals surface area contributed by atoms with E-state index >= 15 is 0 Å². The molecule has 1 rings (SSSR count). The number of carboxylic acids is 1. The molecule has 0 fully saturated rings. The minimum absolute atomic E-state index is 0.0929. The highest BCUT2D eigenvalue weighted by Crippen LogP contribution is 2.06. The summed E-state index contributed by atoms with van der Waals surface area (Å²) >= 11 is 0. The molecule has 0 aliphatic heterocycles. The standard InChI is InChI=1S/C14H20N2O3/c1-9(2)12(15)13(17)16-7-6-10-4-3-5-11(8-10)14(18)19/h3-5,8-9,12H,6-7,15H2,1-2H3,(H,16,17)(H,18,19)/t12-/m1/s1. The molecule has 0 aliphatic rings. The fourth-order valence-electron chi connectivity index (χ4n) is 1.61. The van der Waals surface area contributed by atoms with Crippen molar-refractivity contribution in [1.29, 1.82) is 0 Å². The van der Waals surface area contributed by atoms with Crippen LogP contribution >= 0.6 is 0 Å². The lowest BCUT2D eigenvalue weighted by molar-refractivity contribution is -0.123. The third-order valence-electron chi connectivity index (χ3n) is 2.91. The van der Waals surface area contributed by atoms with Gasteiger partial charge in [-0.3, -0.25) is 4.79 Å². The van der Waals surface area contributed by atoms with Gasteiger partial charge in [0.1, 0.15) is 0 Å². The zero-order chi connectivity index (χ0) is 14.4. The van der Waals surface area contributed by atoms with Crippen LogP contribution in [0.2, 0.25) is 0 Å². The molecular formula is C14H20N2O3. The molecule has 0 bridgehead atoms. The van der Waals surface area contributed by atoms with E-state index in [1.807, 2.05) is 19.9 Å². The van der Waals surface area contributed by atoms with Crippen LogP contribution in [0.4, 0.5) is 0 Å². The minimum atomic E-state index is -0.951. The highest BCUT2D eigenvalue weighted by atomic mass is 16.4. The van der Waals surface area contributed by atoms with Crippen molar-refractivity contribution in [3.63, 3.8) is 0 Å². The predicted molar refractivity (Wildman–Crippen MR) is 72.9 cm³/mol. The number of hydrogen-bond donors (Lipinski definition) is 3. The molecular weight excluding hydrogens is 244 g/mol. The van der Waals surface area contributed by atoms with E-state index in [2.05, 4.69) is 5.32 Å². The number of nitrogens with two attached hydrogens (primary N) is 1. The second-order valence-electron chi connectivity index (χ2n) is 4.82. The summed E-state index contributed by atoms with van der Waals surface area (Å²) in [4.78, 5) is 22.4. The monoisotopic (exact) mass is 264 g/mol. The van der Waals surface area contributed by atoms with Gasteiger partial charge in [0, 0.05) is 6.54 Å². The van der Waals surface area contributed by atoms with Gasteiger partial charge in [-0.15, -0.1) is 0 Å². The molecule has 0 saturated carbocycles. The summed E-state index contributed by atoms with van der Waals surface area (Å²) in [6.07, 6.45) is 0.581. The van der Waals surface area contributed by atoms with E-state index in [-0.39, 0.29) is 17.4 Å². The van der Waals surface area contributed by atoms with E-state index in [0.717, 1.165) is 5.56 Å². The van der Waals surface area contributed by atoms with E-state index in [1.165, 1.54) is 0 Å². The third kappa shape index (κ3) is 4.71. The number of benzene rings is 1. The number of carbonyl (C=O) groups excluding carboxylic acids is 1. The van der Waals surface area contributed by atoms with Crippen LogP contribution in [0.5, 0.6) is 0 Å². The molecule has 1 atom stereocenters. The number of carboxylic acid groups (broad SMARTS) is 1. The molecule has 0 aromatic heterocycles. The van der Waals surface area contributed by atoms with Gasteiger partial charge in [-0.05, 0) is 30.0 Å². The Hall–Kier alpha value is -1.88. The second kappa shape index (κ2) is 6.89. The highest BCUT2D eigenvalue weighted by molar-refractivity contribution is 5.87. The van der Waals surface area contributed by atoms with Crippen molar-refractivity contribution in [2.45, 2.75) is 26.3 Å². The first-order chi connectivity index (χ1) is 8.91. The number of nitrogens with one attached hydrogen (secondary N) is 1. The fourth-order valence-corrected chi connectivity index (χ4v) is 1.61. The summed E-state index contributed by atoms with van der Waals surface area (Å²) in [5.74, 6) is -1.03. The second-order valence-corrected chi connectivity index (χ2v) is 4.82. The maximum atomic E-state index is 11.6. The smallest absolute Gasteiger partial charge is 0.335 e. The Morgan fingerprint density at radius 2 is 2.05 bits per heavy atom. The van der Waals surface area contributed by atoms with Gasteiger partial charge in [0.25, 0.3) is 0 Å². The Bertz CT molecular complexity index is 458. The van der Waals surface area contributed by atoms with Gasteiger partial charge < -0.3 is 16.2 Å². The SMILES string of the molecule is CC(C)[C@@H](N)C(=O)NCCc1cccc(C(=O)O)c1. The summed E-state index contributed by atoms with van der Waals surface area (Å²) in [7, 11) is 0. The van der Waals surface area contributed by atoms with Gasteiger partial charge in [-0.1, -0.05) is 26.0 Å². The van der Waals surface area contributed by atoms with Crippen molar-refractivity contribution in [1.82, 2.24) is 5.32 Å². The molecule has 1 aromatic rings. The zero-order valence-electron chi connectivity index (χ0n) is 11.2. The van der Waals surface area contributed by atoms with Gasteiger partial charge in [-0.25, -0.2) is 4.79 Å². The van der Waals surface area contributed by atoms with Crippen LogP contribution in [0.15, 0.2) is 24.3 Å². The molecule has 1 amide bonds. The van der Waals surface area contributed by atoms with Gasteiger partial charge in [0.05, 0.1) is 11.6 Å². The molecule has 0 unspecified atom stereocenters. The number of amides is 1. The van der Waals surface area contributed by atoms with Crippen LogP contribution in [0.3, 0.4) is 0 Å². The molecule has 19 heavy (non-hydrogen) atoms. The molecule has 0 radical (unpaired) electrons. The van der Waals surface area contributed by atoms with E-state index < -0.39 is 12.0 Å². The molecule has 5 nitrogen and oxygen atoms in total. The van der Waals surface area contributed by atoms with E-state index in [4.69, 9.17) is 10.8 Å². The summed E-state index contributed by atoms with van der Waals surface area (Å²) in [6, 6.07) is 6.17. The fraction of sp³-hybridized carbons (Fsp3) is 0.429. The summed E-state index contributed by atoms with van der Waals surface area (Å²) in [5, 5.41) is 11.6. The largest absolute Gasteiger partial charge is 0.478 e. The van der Waals surface area contributed by atoms with Gasteiger partial charge >= 0.3 is 5.97 Å². The molecule has 1 aromatic carbocycles. The van der Waals surface area contributed by atoms with Crippen LogP contribution in [-0.2, 0) is 11.2 Å². The summed E-state index contributed by atoms with van der Waals surface area (Å²) in [6.45, 7) is 4.23. The Morgan fingerprint density at radius 1 is 1.37 bits per heavy atom. The van der Waals surface area contributed by atoms with Crippen molar-refractivity contribution in [2.24, 2.45) is 11.7 Å². The Kier molecular flexibility index (Phi) is 5.51. The van der Waals surface area contributed by atoms with E-state index in [9.17, 15) is 9.59 Å². The van der Waals surface area contributed by atoms with Gasteiger partial charge in [0.2, 0.25) is 5.91 Å². The number of hydrogen-bond acceptors (Lipinski definition) is 3. The topological polar surface area (TPSA) is 92.4 Å². The average Bonchev–Trinajstić information content (AvgIpc) is 2.37. The van der Waals surface area contributed by atoms with Gasteiger partial charge in [-0.2, -0.15) is 0 Å². The molecule has 4 N–H and O–H groups in total. The maximum Gasteiger partial charge on any atom is 0.335 e. The van der Waals surface area contributed by atoms with E-state index in [1.54, 1.807) is 18.2 Å². The minimum Gasteiger partial charge on any atom is -0.478 e. The molecule has 5 heteroatoms. The Labute approximate surface area is 112 Å². The van der Waals surface area contributed by atoms with Crippen LogP contribution in [0.25, 0.3) is 0 Å². The number of carbonyl (C=O) groups is 2. The molecule has 104 valence electrons. The quantitative estimate of drug-likeness (QED) is 0.715. The Balaban J connectivity index is 2.47. The van der Waals surface area contributed by atoms with Crippen LogP contribution in [-0.4, -0.2) is 29.6 Å². The van der Waals surface area contributed by atoms with Crippen LogP contribution in [0.1, 0.15) is 29.8 Å².